The predicted molar refractivity (Wildman–Crippen MR) is 111 cm³/mol. The monoisotopic (exact) mass is 407 g/mol. The van der Waals surface area contributed by atoms with E-state index in [2.05, 4.69) is 20.5 Å². The number of benzene rings is 1. The highest BCUT2D eigenvalue weighted by Gasteiger charge is 2.23. The van der Waals surface area contributed by atoms with Crippen molar-refractivity contribution < 1.29 is 9.21 Å². The highest BCUT2D eigenvalue weighted by Crippen LogP contribution is 2.21. The van der Waals surface area contributed by atoms with Gasteiger partial charge in [-0.15, -0.1) is 0 Å². The van der Waals surface area contributed by atoms with Crippen LogP contribution in [0.25, 0.3) is 22.0 Å². The molecule has 3 heterocycles. The van der Waals surface area contributed by atoms with Gasteiger partial charge in [0.25, 0.3) is 5.56 Å². The van der Waals surface area contributed by atoms with E-state index in [4.69, 9.17) is 4.42 Å². The smallest absolute Gasteiger partial charge is 0.406 e. The van der Waals surface area contributed by atoms with Gasteiger partial charge in [-0.1, -0.05) is 25.1 Å². The molecule has 0 spiro atoms. The molecule has 1 aromatic carbocycles. The first-order valence-corrected chi connectivity index (χ1v) is 9.71. The summed E-state index contributed by atoms with van der Waals surface area (Å²) < 4.78 is 6.63. The minimum absolute atomic E-state index is 0.234. The molecule has 9 heteroatoms. The maximum Gasteiger partial charge on any atom is 0.421 e. The van der Waals surface area contributed by atoms with Crippen LogP contribution in [0.15, 0.2) is 56.6 Å². The first kappa shape index (κ1) is 19.6. The number of oxazole rings is 1. The van der Waals surface area contributed by atoms with E-state index < -0.39 is 11.7 Å². The number of pyridine rings is 1. The SMILES string of the molecule is CC[C@H](Cn1c(=O)oc2cccnc21)NC(=O)C(C)c1n[nH]c(=O)c2ccccc12. The molecule has 0 saturated heterocycles. The molecule has 1 unspecified atom stereocenters. The maximum atomic E-state index is 12.9. The van der Waals surface area contributed by atoms with Crippen LogP contribution >= 0.6 is 0 Å². The molecule has 154 valence electrons. The average molecular weight is 407 g/mol. The molecule has 3 aromatic heterocycles. The Bertz CT molecular complexity index is 1340. The summed E-state index contributed by atoms with van der Waals surface area (Å²) in [6, 6.07) is 10.1. The lowest BCUT2D eigenvalue weighted by molar-refractivity contribution is -0.123. The first-order chi connectivity index (χ1) is 14.5. The minimum atomic E-state index is -0.600. The fourth-order valence-electron chi connectivity index (χ4n) is 3.47. The average Bonchev–Trinajstić information content (AvgIpc) is 3.08. The summed E-state index contributed by atoms with van der Waals surface area (Å²) in [6.07, 6.45) is 2.19. The Labute approximate surface area is 170 Å². The molecule has 0 saturated carbocycles. The van der Waals surface area contributed by atoms with Crippen molar-refractivity contribution >= 4 is 27.9 Å². The van der Waals surface area contributed by atoms with Crippen molar-refractivity contribution in [3.63, 3.8) is 0 Å². The molecule has 2 N–H and O–H groups in total. The van der Waals surface area contributed by atoms with E-state index in [9.17, 15) is 14.4 Å². The summed E-state index contributed by atoms with van der Waals surface area (Å²) in [5.74, 6) is -1.37. The molecule has 0 aliphatic rings. The Kier molecular flexibility index (Phi) is 5.18. The highest BCUT2D eigenvalue weighted by atomic mass is 16.4. The lowest BCUT2D eigenvalue weighted by Crippen LogP contribution is -2.41. The van der Waals surface area contributed by atoms with Crippen LogP contribution in [0.2, 0.25) is 0 Å². The summed E-state index contributed by atoms with van der Waals surface area (Å²) >= 11 is 0. The van der Waals surface area contributed by atoms with Crippen molar-refractivity contribution in [2.75, 3.05) is 0 Å². The topological polar surface area (TPSA) is 123 Å². The number of hydrogen-bond donors (Lipinski definition) is 2. The van der Waals surface area contributed by atoms with Gasteiger partial charge in [0.15, 0.2) is 11.2 Å². The summed E-state index contributed by atoms with van der Waals surface area (Å²) in [7, 11) is 0. The van der Waals surface area contributed by atoms with E-state index >= 15 is 0 Å². The number of fused-ring (bicyclic) bond motifs is 2. The number of H-pyrrole nitrogens is 1. The van der Waals surface area contributed by atoms with Crippen molar-refractivity contribution in [2.24, 2.45) is 0 Å². The van der Waals surface area contributed by atoms with Gasteiger partial charge in [0.2, 0.25) is 5.91 Å². The standard InChI is InChI=1S/C21H21N5O4/c1-3-13(11-26-18-16(30-21(26)29)9-6-10-22-18)23-19(27)12(2)17-14-7-4-5-8-15(14)20(28)25-24-17/h4-10,12-13H,3,11H2,1-2H3,(H,23,27)(H,25,28)/t12?,13-/m1/s1. The van der Waals surface area contributed by atoms with Crippen LogP contribution in [-0.4, -0.2) is 31.7 Å². The molecular weight excluding hydrogens is 386 g/mol. The van der Waals surface area contributed by atoms with Crippen LogP contribution in [0.3, 0.4) is 0 Å². The van der Waals surface area contributed by atoms with Crippen LogP contribution in [0, 0.1) is 0 Å². The van der Waals surface area contributed by atoms with Crippen LogP contribution in [-0.2, 0) is 11.3 Å². The normalized spacial score (nSPS) is 13.4. The van der Waals surface area contributed by atoms with Gasteiger partial charge in [-0.05, 0) is 31.5 Å². The quantitative estimate of drug-likeness (QED) is 0.503. The Morgan fingerprint density at radius 2 is 1.97 bits per heavy atom. The molecular formula is C21H21N5O4. The molecule has 0 aliphatic heterocycles. The molecule has 4 rings (SSSR count). The fourth-order valence-corrected chi connectivity index (χ4v) is 3.47. The third-order valence-electron chi connectivity index (χ3n) is 5.20. The van der Waals surface area contributed by atoms with E-state index in [1.807, 2.05) is 6.92 Å². The summed E-state index contributed by atoms with van der Waals surface area (Å²) in [5, 5.41) is 10.7. The van der Waals surface area contributed by atoms with Crippen LogP contribution in [0.5, 0.6) is 0 Å². The molecule has 1 amide bonds. The van der Waals surface area contributed by atoms with Crippen LogP contribution < -0.4 is 16.6 Å². The second-order valence-corrected chi connectivity index (χ2v) is 7.12. The van der Waals surface area contributed by atoms with Gasteiger partial charge in [-0.3, -0.25) is 14.2 Å². The van der Waals surface area contributed by atoms with Gasteiger partial charge in [-0.25, -0.2) is 14.9 Å². The maximum absolute atomic E-state index is 12.9. The van der Waals surface area contributed by atoms with Gasteiger partial charge >= 0.3 is 5.76 Å². The number of amides is 1. The summed E-state index contributed by atoms with van der Waals surface area (Å²) in [5.41, 5.74) is 1.04. The van der Waals surface area contributed by atoms with E-state index in [1.165, 1.54) is 4.57 Å². The predicted octanol–water partition coefficient (Wildman–Crippen LogP) is 1.92. The largest absolute Gasteiger partial charge is 0.421 e. The van der Waals surface area contributed by atoms with Gasteiger partial charge in [-0.2, -0.15) is 5.10 Å². The number of aromatic nitrogens is 4. The summed E-state index contributed by atoms with van der Waals surface area (Å²) in [6.45, 7) is 3.89. The second kappa shape index (κ2) is 7.94. The van der Waals surface area contributed by atoms with E-state index in [0.717, 1.165) is 0 Å². The third-order valence-corrected chi connectivity index (χ3v) is 5.20. The van der Waals surface area contributed by atoms with E-state index in [0.29, 0.717) is 34.1 Å². The number of aromatic amines is 1. The molecule has 30 heavy (non-hydrogen) atoms. The molecule has 0 aliphatic carbocycles. The molecule has 2 atom stereocenters. The third kappa shape index (κ3) is 3.49. The second-order valence-electron chi connectivity index (χ2n) is 7.12. The summed E-state index contributed by atoms with van der Waals surface area (Å²) in [4.78, 5) is 41.4. The van der Waals surface area contributed by atoms with Gasteiger partial charge in [0, 0.05) is 17.6 Å². The van der Waals surface area contributed by atoms with E-state index in [-0.39, 0.29) is 24.1 Å². The number of carbonyl (C=O) groups is 1. The number of nitrogens with one attached hydrogen (secondary N) is 2. The van der Waals surface area contributed by atoms with Gasteiger partial charge in [0.1, 0.15) is 0 Å². The molecule has 4 aromatic rings. The van der Waals surface area contributed by atoms with Crippen molar-refractivity contribution in [1.82, 2.24) is 25.1 Å². The number of hydrogen-bond acceptors (Lipinski definition) is 6. The Hall–Kier alpha value is -3.75. The lowest BCUT2D eigenvalue weighted by Gasteiger charge is -2.20. The lowest BCUT2D eigenvalue weighted by atomic mass is 10.0. The Balaban J connectivity index is 1.58. The number of nitrogens with zero attached hydrogens (tertiary/aromatic N) is 3. The zero-order valence-electron chi connectivity index (χ0n) is 16.6. The fraction of sp³-hybridized carbons (Fsp3) is 0.286. The van der Waals surface area contributed by atoms with Crippen molar-refractivity contribution in [3.8, 4) is 0 Å². The number of carbonyl (C=O) groups excluding carboxylic acids is 1. The van der Waals surface area contributed by atoms with Crippen LogP contribution in [0.1, 0.15) is 31.9 Å². The Morgan fingerprint density at radius 3 is 2.73 bits per heavy atom. The zero-order valence-corrected chi connectivity index (χ0v) is 16.6. The molecule has 0 bridgehead atoms. The van der Waals surface area contributed by atoms with Crippen molar-refractivity contribution in [3.05, 3.63) is 69.2 Å². The van der Waals surface area contributed by atoms with Crippen molar-refractivity contribution in [2.45, 2.75) is 38.8 Å². The minimum Gasteiger partial charge on any atom is -0.406 e. The van der Waals surface area contributed by atoms with Crippen molar-refractivity contribution in [1.29, 1.82) is 0 Å². The molecule has 0 fully saturated rings. The molecule has 9 nitrogen and oxygen atoms in total. The van der Waals surface area contributed by atoms with E-state index in [1.54, 1.807) is 49.5 Å². The highest BCUT2D eigenvalue weighted by molar-refractivity contribution is 5.91. The molecule has 0 radical (unpaired) electrons. The van der Waals surface area contributed by atoms with Gasteiger partial charge in [0.05, 0.1) is 23.5 Å². The van der Waals surface area contributed by atoms with Gasteiger partial charge < -0.3 is 9.73 Å². The van der Waals surface area contributed by atoms with Crippen LogP contribution in [0.4, 0.5) is 0 Å². The zero-order chi connectivity index (χ0) is 21.3. The number of rotatable bonds is 6. The first-order valence-electron chi connectivity index (χ1n) is 9.71. The Morgan fingerprint density at radius 1 is 1.20 bits per heavy atom.